The average Bonchev–Trinajstić information content (AvgIpc) is 2.50. The SMILES string of the molecule is CCOc1ccc(C(=O)O[C@H]2CCCCC2=O)cc1[N+](=O)[O-]. The fourth-order valence-electron chi connectivity index (χ4n) is 2.34. The largest absolute Gasteiger partial charge is 0.487 e. The maximum Gasteiger partial charge on any atom is 0.339 e. The van der Waals surface area contributed by atoms with Gasteiger partial charge in [0, 0.05) is 12.5 Å². The van der Waals surface area contributed by atoms with Gasteiger partial charge in [0.25, 0.3) is 0 Å². The van der Waals surface area contributed by atoms with Crippen LogP contribution in [0.25, 0.3) is 0 Å². The van der Waals surface area contributed by atoms with E-state index in [-0.39, 0.29) is 29.4 Å². The molecule has 1 saturated carbocycles. The molecule has 1 aliphatic carbocycles. The molecule has 7 nitrogen and oxygen atoms in total. The molecule has 0 amide bonds. The van der Waals surface area contributed by atoms with Crippen LogP contribution in [0.15, 0.2) is 18.2 Å². The van der Waals surface area contributed by atoms with Gasteiger partial charge < -0.3 is 9.47 Å². The van der Waals surface area contributed by atoms with Gasteiger partial charge in [-0.05, 0) is 38.3 Å². The summed E-state index contributed by atoms with van der Waals surface area (Å²) in [6.45, 7) is 1.99. The summed E-state index contributed by atoms with van der Waals surface area (Å²) in [7, 11) is 0. The van der Waals surface area contributed by atoms with Crippen molar-refractivity contribution in [2.75, 3.05) is 6.61 Å². The van der Waals surface area contributed by atoms with Crippen molar-refractivity contribution in [3.63, 3.8) is 0 Å². The van der Waals surface area contributed by atoms with Crippen molar-refractivity contribution < 1.29 is 24.0 Å². The molecule has 0 heterocycles. The monoisotopic (exact) mass is 307 g/mol. The number of esters is 1. The lowest BCUT2D eigenvalue weighted by Gasteiger charge is -2.20. The zero-order chi connectivity index (χ0) is 16.1. The van der Waals surface area contributed by atoms with Crippen LogP contribution in [0.4, 0.5) is 5.69 Å². The number of carbonyl (C=O) groups is 2. The molecule has 7 heteroatoms. The van der Waals surface area contributed by atoms with Crippen LogP contribution in [-0.2, 0) is 9.53 Å². The third kappa shape index (κ3) is 3.60. The Morgan fingerprint density at radius 2 is 2.18 bits per heavy atom. The van der Waals surface area contributed by atoms with Crippen LogP contribution >= 0.6 is 0 Å². The van der Waals surface area contributed by atoms with Crippen LogP contribution in [0, 0.1) is 10.1 Å². The summed E-state index contributed by atoms with van der Waals surface area (Å²) in [5.74, 6) is -0.732. The van der Waals surface area contributed by atoms with Gasteiger partial charge in [-0.15, -0.1) is 0 Å². The molecule has 118 valence electrons. The Morgan fingerprint density at radius 1 is 1.41 bits per heavy atom. The quantitative estimate of drug-likeness (QED) is 0.471. The van der Waals surface area contributed by atoms with E-state index in [9.17, 15) is 19.7 Å². The van der Waals surface area contributed by atoms with Gasteiger partial charge in [0.05, 0.1) is 17.1 Å². The van der Waals surface area contributed by atoms with Gasteiger partial charge in [0.2, 0.25) is 0 Å². The maximum absolute atomic E-state index is 12.1. The number of ketones is 1. The van der Waals surface area contributed by atoms with E-state index in [4.69, 9.17) is 9.47 Å². The van der Waals surface area contributed by atoms with Gasteiger partial charge in [-0.1, -0.05) is 0 Å². The summed E-state index contributed by atoms with van der Waals surface area (Å²) in [6, 6.07) is 3.87. The zero-order valence-corrected chi connectivity index (χ0v) is 12.2. The topological polar surface area (TPSA) is 95.7 Å². The van der Waals surface area contributed by atoms with Gasteiger partial charge in [-0.25, -0.2) is 4.79 Å². The lowest BCUT2D eigenvalue weighted by molar-refractivity contribution is -0.385. The number of rotatable bonds is 5. The molecular weight excluding hydrogens is 290 g/mol. The minimum atomic E-state index is -0.744. The van der Waals surface area contributed by atoms with Gasteiger partial charge in [-0.2, -0.15) is 0 Å². The van der Waals surface area contributed by atoms with Crippen molar-refractivity contribution >= 4 is 17.4 Å². The number of hydrogen-bond acceptors (Lipinski definition) is 6. The molecular formula is C15H17NO6. The Kier molecular flexibility index (Phi) is 5.08. The van der Waals surface area contributed by atoms with Crippen molar-refractivity contribution in [3.8, 4) is 5.75 Å². The second kappa shape index (κ2) is 7.02. The highest BCUT2D eigenvalue weighted by Gasteiger charge is 2.27. The minimum absolute atomic E-state index is 0.0357. The second-order valence-electron chi connectivity index (χ2n) is 4.98. The molecule has 1 aromatic carbocycles. The van der Waals surface area contributed by atoms with E-state index in [0.717, 1.165) is 18.9 Å². The fourth-order valence-corrected chi connectivity index (χ4v) is 2.34. The number of nitrogens with zero attached hydrogens (tertiary/aromatic N) is 1. The predicted octanol–water partition coefficient (Wildman–Crippen LogP) is 2.66. The van der Waals surface area contributed by atoms with Crippen LogP contribution in [0.1, 0.15) is 43.0 Å². The Balaban J connectivity index is 2.17. The van der Waals surface area contributed by atoms with Crippen LogP contribution in [-0.4, -0.2) is 29.4 Å². The molecule has 1 aromatic rings. The van der Waals surface area contributed by atoms with Crippen molar-refractivity contribution in [3.05, 3.63) is 33.9 Å². The summed E-state index contributed by atoms with van der Waals surface area (Å²) in [5, 5.41) is 11.0. The molecule has 2 rings (SSSR count). The lowest BCUT2D eigenvalue weighted by atomic mass is 9.96. The van der Waals surface area contributed by atoms with Gasteiger partial charge in [0.15, 0.2) is 17.6 Å². The molecule has 0 bridgehead atoms. The average molecular weight is 307 g/mol. The molecule has 0 aliphatic heterocycles. The molecule has 0 unspecified atom stereocenters. The number of carbonyl (C=O) groups excluding carboxylic acids is 2. The van der Waals surface area contributed by atoms with Crippen LogP contribution in [0.3, 0.4) is 0 Å². The van der Waals surface area contributed by atoms with E-state index in [1.807, 2.05) is 0 Å². The lowest BCUT2D eigenvalue weighted by Crippen LogP contribution is -2.30. The number of nitro benzene ring substituents is 1. The van der Waals surface area contributed by atoms with E-state index in [1.54, 1.807) is 6.92 Å². The Morgan fingerprint density at radius 3 is 2.82 bits per heavy atom. The summed E-state index contributed by atoms with van der Waals surface area (Å²) < 4.78 is 10.3. The first-order valence-electron chi connectivity index (χ1n) is 7.18. The second-order valence-corrected chi connectivity index (χ2v) is 4.98. The third-order valence-corrected chi connectivity index (χ3v) is 3.44. The highest BCUT2D eigenvalue weighted by atomic mass is 16.6. The molecule has 0 aromatic heterocycles. The summed E-state index contributed by atoms with van der Waals surface area (Å²) in [5.41, 5.74) is -0.264. The first kappa shape index (κ1) is 15.9. The summed E-state index contributed by atoms with van der Waals surface area (Å²) in [6.07, 6.45) is 1.80. The van der Waals surface area contributed by atoms with Crippen LogP contribution in [0.2, 0.25) is 0 Å². The normalized spacial score (nSPS) is 17.9. The van der Waals surface area contributed by atoms with Crippen molar-refractivity contribution in [2.45, 2.75) is 38.7 Å². The molecule has 1 atom stereocenters. The van der Waals surface area contributed by atoms with E-state index in [0.29, 0.717) is 12.8 Å². The number of Topliss-reactive ketones (excluding diaryl/α,β-unsaturated/α-hetero) is 1. The summed E-state index contributed by atoms with van der Waals surface area (Å²) in [4.78, 5) is 34.1. The molecule has 1 fully saturated rings. The van der Waals surface area contributed by atoms with Crippen LogP contribution in [0.5, 0.6) is 5.75 Å². The maximum atomic E-state index is 12.1. The van der Waals surface area contributed by atoms with Gasteiger partial charge in [-0.3, -0.25) is 14.9 Å². The zero-order valence-electron chi connectivity index (χ0n) is 12.2. The molecule has 1 aliphatic rings. The smallest absolute Gasteiger partial charge is 0.339 e. The Hall–Kier alpha value is -2.44. The first-order chi connectivity index (χ1) is 10.5. The standard InChI is InChI=1S/C15H17NO6/c1-2-21-13-8-7-10(9-11(13)16(19)20)15(18)22-14-6-4-3-5-12(14)17/h7-9,14H,2-6H2,1H3/t14-/m0/s1. The number of hydrogen-bond donors (Lipinski definition) is 0. The van der Waals surface area contributed by atoms with E-state index >= 15 is 0 Å². The Labute approximate surface area is 127 Å². The Bertz CT molecular complexity index is 598. The minimum Gasteiger partial charge on any atom is -0.487 e. The van der Waals surface area contributed by atoms with Gasteiger partial charge in [0.1, 0.15) is 0 Å². The fraction of sp³-hybridized carbons (Fsp3) is 0.467. The number of benzene rings is 1. The van der Waals surface area contributed by atoms with E-state index in [2.05, 4.69) is 0 Å². The molecule has 0 N–H and O–H groups in total. The number of ether oxygens (including phenoxy) is 2. The van der Waals surface area contributed by atoms with Crippen molar-refractivity contribution in [2.24, 2.45) is 0 Å². The first-order valence-corrected chi connectivity index (χ1v) is 7.18. The molecule has 0 radical (unpaired) electrons. The number of nitro groups is 1. The highest BCUT2D eigenvalue weighted by molar-refractivity contribution is 5.93. The van der Waals surface area contributed by atoms with E-state index in [1.165, 1.54) is 12.1 Å². The third-order valence-electron chi connectivity index (χ3n) is 3.44. The van der Waals surface area contributed by atoms with Gasteiger partial charge >= 0.3 is 11.7 Å². The van der Waals surface area contributed by atoms with Crippen LogP contribution < -0.4 is 4.74 Å². The molecule has 0 saturated heterocycles. The molecule has 0 spiro atoms. The van der Waals surface area contributed by atoms with E-state index < -0.39 is 17.0 Å². The predicted molar refractivity (Wildman–Crippen MR) is 76.9 cm³/mol. The van der Waals surface area contributed by atoms with Crippen molar-refractivity contribution in [1.29, 1.82) is 0 Å². The summed E-state index contributed by atoms with van der Waals surface area (Å²) >= 11 is 0. The van der Waals surface area contributed by atoms with Crippen molar-refractivity contribution in [1.82, 2.24) is 0 Å². The molecule has 22 heavy (non-hydrogen) atoms. The highest BCUT2D eigenvalue weighted by Crippen LogP contribution is 2.28.